The quantitative estimate of drug-likeness (QED) is 0.258. The van der Waals surface area contributed by atoms with Crippen molar-refractivity contribution in [2.45, 2.75) is 25.3 Å². The number of benzene rings is 1. The van der Waals surface area contributed by atoms with Crippen LogP contribution in [0.15, 0.2) is 28.1 Å². The van der Waals surface area contributed by atoms with Crippen LogP contribution in [0.25, 0.3) is 0 Å². The SMILES string of the molecule is CN=C(NCc1ccc(C)cc1SC)NCC(C)CN1CCN(C)CC1.I. The second-order valence-electron chi connectivity index (χ2n) is 7.33. The predicted octanol–water partition coefficient (Wildman–Crippen LogP) is 2.88. The highest BCUT2D eigenvalue weighted by molar-refractivity contribution is 14.0. The molecule has 0 saturated carbocycles. The van der Waals surface area contributed by atoms with Crippen LogP contribution in [0, 0.1) is 12.8 Å². The van der Waals surface area contributed by atoms with E-state index in [-0.39, 0.29) is 24.0 Å². The summed E-state index contributed by atoms with van der Waals surface area (Å²) < 4.78 is 0. The van der Waals surface area contributed by atoms with Crippen molar-refractivity contribution in [3.05, 3.63) is 29.3 Å². The molecule has 1 atom stereocenters. The van der Waals surface area contributed by atoms with Gasteiger partial charge in [-0.15, -0.1) is 35.7 Å². The first-order valence-electron chi connectivity index (χ1n) is 9.50. The van der Waals surface area contributed by atoms with Gasteiger partial charge in [0.2, 0.25) is 0 Å². The Morgan fingerprint density at radius 3 is 2.56 bits per heavy atom. The van der Waals surface area contributed by atoms with Gasteiger partial charge in [0.15, 0.2) is 5.96 Å². The van der Waals surface area contributed by atoms with Crippen LogP contribution in [0.2, 0.25) is 0 Å². The Labute approximate surface area is 186 Å². The molecule has 7 heteroatoms. The number of aryl methyl sites for hydroxylation is 1. The Bertz CT molecular complexity index is 588. The van der Waals surface area contributed by atoms with E-state index < -0.39 is 0 Å². The van der Waals surface area contributed by atoms with Gasteiger partial charge < -0.3 is 20.4 Å². The maximum absolute atomic E-state index is 4.37. The summed E-state index contributed by atoms with van der Waals surface area (Å²) in [6, 6.07) is 6.62. The zero-order valence-electron chi connectivity index (χ0n) is 17.4. The normalized spacial score (nSPS) is 17.3. The van der Waals surface area contributed by atoms with E-state index in [1.165, 1.54) is 42.2 Å². The van der Waals surface area contributed by atoms with Crippen LogP contribution in [0.3, 0.4) is 0 Å². The molecule has 1 heterocycles. The van der Waals surface area contributed by atoms with Gasteiger partial charge in [-0.05, 0) is 43.3 Å². The zero-order chi connectivity index (χ0) is 18.9. The number of hydrogen-bond donors (Lipinski definition) is 2. The highest BCUT2D eigenvalue weighted by Crippen LogP contribution is 2.21. The van der Waals surface area contributed by atoms with Crippen LogP contribution >= 0.6 is 35.7 Å². The summed E-state index contributed by atoms with van der Waals surface area (Å²) >= 11 is 1.80. The molecule has 0 aromatic heterocycles. The molecule has 0 radical (unpaired) electrons. The van der Waals surface area contributed by atoms with Crippen LogP contribution in [0.5, 0.6) is 0 Å². The molecular formula is C20H36IN5S. The van der Waals surface area contributed by atoms with Gasteiger partial charge in [0.05, 0.1) is 0 Å². The Morgan fingerprint density at radius 2 is 1.93 bits per heavy atom. The van der Waals surface area contributed by atoms with Gasteiger partial charge in [-0.3, -0.25) is 4.99 Å². The number of nitrogens with zero attached hydrogens (tertiary/aromatic N) is 3. The van der Waals surface area contributed by atoms with Gasteiger partial charge in [0.1, 0.15) is 0 Å². The number of halogens is 1. The number of hydrogen-bond acceptors (Lipinski definition) is 4. The lowest BCUT2D eigenvalue weighted by Gasteiger charge is -2.34. The van der Waals surface area contributed by atoms with E-state index in [0.29, 0.717) is 5.92 Å². The average molecular weight is 506 g/mol. The monoisotopic (exact) mass is 505 g/mol. The van der Waals surface area contributed by atoms with Crippen molar-refractivity contribution in [3.8, 4) is 0 Å². The Hall–Kier alpha value is -0.510. The number of thioether (sulfide) groups is 1. The average Bonchev–Trinajstić information content (AvgIpc) is 2.64. The van der Waals surface area contributed by atoms with Crippen LogP contribution in [0.4, 0.5) is 0 Å². The van der Waals surface area contributed by atoms with Crippen molar-refractivity contribution >= 4 is 41.7 Å². The third-order valence-corrected chi connectivity index (χ3v) is 5.72. The maximum Gasteiger partial charge on any atom is 0.191 e. The van der Waals surface area contributed by atoms with E-state index in [1.54, 1.807) is 11.8 Å². The Kier molecular flexibility index (Phi) is 11.7. The molecule has 1 saturated heterocycles. The smallest absolute Gasteiger partial charge is 0.191 e. The van der Waals surface area contributed by atoms with Gasteiger partial charge >= 0.3 is 0 Å². The molecule has 1 aliphatic rings. The second kappa shape index (κ2) is 12.9. The molecule has 1 aromatic rings. The fourth-order valence-corrected chi connectivity index (χ4v) is 3.91. The number of guanidine groups is 1. The molecule has 1 aromatic carbocycles. The van der Waals surface area contributed by atoms with Crippen molar-refractivity contribution in [1.29, 1.82) is 0 Å². The summed E-state index contributed by atoms with van der Waals surface area (Å²) in [6.45, 7) is 12.0. The lowest BCUT2D eigenvalue weighted by Crippen LogP contribution is -2.47. The molecular weight excluding hydrogens is 469 g/mol. The lowest BCUT2D eigenvalue weighted by molar-refractivity contribution is 0.139. The summed E-state index contributed by atoms with van der Waals surface area (Å²) in [5.41, 5.74) is 2.62. The van der Waals surface area contributed by atoms with Crippen LogP contribution in [-0.4, -0.2) is 75.4 Å². The van der Waals surface area contributed by atoms with E-state index >= 15 is 0 Å². The minimum absolute atomic E-state index is 0. The third kappa shape index (κ3) is 8.58. The number of aliphatic imine (C=N–C) groups is 1. The standard InChI is InChI=1S/C20H35N5S.HI/c1-16-6-7-18(19(12-16)26-5)14-23-20(21-3)22-13-17(2)15-25-10-8-24(4)9-11-25;/h6-7,12,17H,8-11,13-15H2,1-5H3,(H2,21,22,23);1H. The summed E-state index contributed by atoms with van der Waals surface area (Å²) in [4.78, 5) is 10.7. The number of likely N-dealkylation sites (N-methyl/N-ethyl adjacent to an activating group) is 1. The molecule has 0 spiro atoms. The zero-order valence-corrected chi connectivity index (χ0v) is 20.6. The third-order valence-electron chi connectivity index (χ3n) is 4.90. The molecule has 1 fully saturated rings. The van der Waals surface area contributed by atoms with Crippen molar-refractivity contribution in [2.24, 2.45) is 10.9 Å². The second-order valence-corrected chi connectivity index (χ2v) is 8.18. The van der Waals surface area contributed by atoms with E-state index in [0.717, 1.165) is 25.6 Å². The Morgan fingerprint density at radius 1 is 1.22 bits per heavy atom. The van der Waals surface area contributed by atoms with E-state index in [9.17, 15) is 0 Å². The summed E-state index contributed by atoms with van der Waals surface area (Å²) in [6.07, 6.45) is 2.13. The fraction of sp³-hybridized carbons (Fsp3) is 0.650. The molecule has 0 bridgehead atoms. The fourth-order valence-electron chi connectivity index (χ4n) is 3.20. The predicted molar refractivity (Wildman–Crippen MR) is 130 cm³/mol. The molecule has 154 valence electrons. The van der Waals surface area contributed by atoms with Crippen molar-refractivity contribution in [3.63, 3.8) is 0 Å². The summed E-state index contributed by atoms with van der Waals surface area (Å²) in [7, 11) is 4.04. The van der Waals surface area contributed by atoms with Gasteiger partial charge in [0.25, 0.3) is 0 Å². The first-order chi connectivity index (χ1) is 12.5. The van der Waals surface area contributed by atoms with E-state index in [4.69, 9.17) is 0 Å². The summed E-state index contributed by atoms with van der Waals surface area (Å²) in [5.74, 6) is 1.47. The molecule has 1 aliphatic heterocycles. The number of rotatable bonds is 7. The first kappa shape index (κ1) is 24.5. The minimum atomic E-state index is 0. The van der Waals surface area contributed by atoms with Gasteiger partial charge in [-0.2, -0.15) is 0 Å². The molecule has 2 rings (SSSR count). The largest absolute Gasteiger partial charge is 0.356 e. The number of nitrogens with one attached hydrogen (secondary N) is 2. The molecule has 1 unspecified atom stereocenters. The van der Waals surface area contributed by atoms with Gasteiger partial charge in [-0.1, -0.05) is 19.1 Å². The van der Waals surface area contributed by atoms with Crippen LogP contribution in [0.1, 0.15) is 18.1 Å². The molecule has 2 N–H and O–H groups in total. The molecule has 0 aliphatic carbocycles. The summed E-state index contributed by atoms with van der Waals surface area (Å²) in [5, 5.41) is 6.93. The van der Waals surface area contributed by atoms with Crippen molar-refractivity contribution < 1.29 is 0 Å². The van der Waals surface area contributed by atoms with Crippen molar-refractivity contribution in [1.82, 2.24) is 20.4 Å². The van der Waals surface area contributed by atoms with E-state index in [1.807, 2.05) is 7.05 Å². The topological polar surface area (TPSA) is 42.9 Å². The highest BCUT2D eigenvalue weighted by atomic mass is 127. The van der Waals surface area contributed by atoms with Gasteiger partial charge in [-0.25, -0.2) is 0 Å². The minimum Gasteiger partial charge on any atom is -0.356 e. The highest BCUT2D eigenvalue weighted by Gasteiger charge is 2.16. The van der Waals surface area contributed by atoms with Gasteiger partial charge in [0, 0.05) is 57.8 Å². The molecule has 0 amide bonds. The molecule has 27 heavy (non-hydrogen) atoms. The number of piperazine rings is 1. The van der Waals surface area contributed by atoms with Crippen molar-refractivity contribution in [2.75, 3.05) is 59.6 Å². The lowest BCUT2D eigenvalue weighted by atomic mass is 10.1. The Balaban J connectivity index is 0.00000364. The first-order valence-corrected chi connectivity index (χ1v) is 10.7. The van der Waals surface area contributed by atoms with Crippen LogP contribution < -0.4 is 10.6 Å². The van der Waals surface area contributed by atoms with E-state index in [2.05, 4.69) is 70.8 Å². The maximum atomic E-state index is 4.37. The van der Waals surface area contributed by atoms with Crippen LogP contribution in [-0.2, 0) is 6.54 Å². The molecule has 5 nitrogen and oxygen atoms in total.